The molecule has 2 heteroatoms. The normalized spacial score (nSPS) is 10.1. The van der Waals surface area contributed by atoms with Gasteiger partial charge in [0.25, 0.3) is 0 Å². The summed E-state index contributed by atoms with van der Waals surface area (Å²) in [5.41, 5.74) is 0. The van der Waals surface area contributed by atoms with Gasteiger partial charge in [0, 0.05) is 32.7 Å². The lowest BCUT2D eigenvalue weighted by Crippen LogP contribution is -1.97. The van der Waals surface area contributed by atoms with Crippen molar-refractivity contribution in [2.24, 2.45) is 0 Å². The van der Waals surface area contributed by atoms with Gasteiger partial charge in [0.15, 0.2) is 0 Å². The molecule has 0 spiro atoms. The largest absolute Gasteiger partial charge is 0.385 e. The van der Waals surface area contributed by atoms with Crippen molar-refractivity contribution < 1.29 is 4.74 Å². The molecule has 1 rings (SSSR count). The second kappa shape index (κ2) is 4.12. The van der Waals surface area contributed by atoms with Crippen LogP contribution in [0.2, 0.25) is 0 Å². The van der Waals surface area contributed by atoms with Crippen LogP contribution in [0.25, 0.3) is 0 Å². The van der Waals surface area contributed by atoms with E-state index in [1.807, 2.05) is 12.1 Å². The van der Waals surface area contributed by atoms with Crippen LogP contribution in [-0.4, -0.2) is 18.3 Å². The van der Waals surface area contributed by atoms with Gasteiger partial charge in [-0.2, -0.15) is 0 Å². The van der Waals surface area contributed by atoms with Gasteiger partial charge >= 0.3 is 0 Å². The predicted octanol–water partition coefficient (Wildman–Crippen LogP) is 1.52. The van der Waals surface area contributed by atoms with Crippen molar-refractivity contribution >= 4 is 0 Å². The minimum atomic E-state index is 0.845. The van der Waals surface area contributed by atoms with Gasteiger partial charge in [0.2, 0.25) is 0 Å². The maximum atomic E-state index is 4.93. The lowest BCUT2D eigenvalue weighted by atomic mass is 10.4. The van der Waals surface area contributed by atoms with Gasteiger partial charge in [0.1, 0.15) is 0 Å². The Bertz CT molecular complexity index is 158. The summed E-state index contributed by atoms with van der Waals surface area (Å²) < 4.78 is 7.08. The second-order valence-electron chi connectivity index (χ2n) is 2.27. The van der Waals surface area contributed by atoms with Crippen LogP contribution in [-0.2, 0) is 11.3 Å². The maximum absolute atomic E-state index is 4.93. The molecule has 10 heavy (non-hydrogen) atoms. The third-order valence-electron chi connectivity index (χ3n) is 1.43. The molecule has 0 radical (unpaired) electrons. The fourth-order valence-electron chi connectivity index (χ4n) is 0.911. The van der Waals surface area contributed by atoms with Crippen molar-refractivity contribution in [3.05, 3.63) is 24.5 Å². The first-order chi connectivity index (χ1) is 4.93. The number of aromatic nitrogens is 1. The molecular formula is C8H13NO. The highest BCUT2D eigenvalue weighted by molar-refractivity contribution is 4.89. The molecule has 1 heterocycles. The van der Waals surface area contributed by atoms with E-state index in [4.69, 9.17) is 4.74 Å². The maximum Gasteiger partial charge on any atom is 0.0479 e. The SMILES string of the molecule is COCCCn1cccc1. The van der Waals surface area contributed by atoms with Crippen molar-refractivity contribution in [3.63, 3.8) is 0 Å². The number of aryl methyl sites for hydroxylation is 1. The van der Waals surface area contributed by atoms with Gasteiger partial charge < -0.3 is 9.30 Å². The van der Waals surface area contributed by atoms with Crippen LogP contribution in [0.3, 0.4) is 0 Å². The first-order valence-corrected chi connectivity index (χ1v) is 3.53. The molecule has 0 atom stereocenters. The third kappa shape index (κ3) is 2.23. The smallest absolute Gasteiger partial charge is 0.0479 e. The Balaban J connectivity index is 2.15. The minimum Gasteiger partial charge on any atom is -0.385 e. The van der Waals surface area contributed by atoms with E-state index in [1.165, 1.54) is 0 Å². The number of hydrogen-bond donors (Lipinski definition) is 0. The second-order valence-corrected chi connectivity index (χ2v) is 2.27. The zero-order chi connectivity index (χ0) is 7.23. The van der Waals surface area contributed by atoms with E-state index in [2.05, 4.69) is 17.0 Å². The van der Waals surface area contributed by atoms with E-state index >= 15 is 0 Å². The molecule has 0 aromatic carbocycles. The summed E-state index contributed by atoms with van der Waals surface area (Å²) in [6.45, 7) is 1.90. The summed E-state index contributed by atoms with van der Waals surface area (Å²) in [6.07, 6.45) is 5.22. The average Bonchev–Trinajstić information content (AvgIpc) is 2.41. The molecule has 0 bridgehead atoms. The predicted molar refractivity (Wildman–Crippen MR) is 40.9 cm³/mol. The van der Waals surface area contributed by atoms with Crippen LogP contribution in [0.5, 0.6) is 0 Å². The minimum absolute atomic E-state index is 0.845. The fraction of sp³-hybridized carbons (Fsp3) is 0.500. The van der Waals surface area contributed by atoms with Crippen LogP contribution in [0, 0.1) is 0 Å². The number of hydrogen-bond acceptors (Lipinski definition) is 1. The van der Waals surface area contributed by atoms with Gasteiger partial charge in [-0.15, -0.1) is 0 Å². The fourth-order valence-corrected chi connectivity index (χ4v) is 0.911. The molecule has 0 amide bonds. The molecule has 0 fully saturated rings. The number of ether oxygens (including phenoxy) is 1. The number of methoxy groups -OCH3 is 1. The molecule has 2 nitrogen and oxygen atoms in total. The van der Waals surface area contributed by atoms with Gasteiger partial charge in [-0.1, -0.05) is 0 Å². The van der Waals surface area contributed by atoms with Crippen molar-refractivity contribution in [2.75, 3.05) is 13.7 Å². The van der Waals surface area contributed by atoms with Crippen molar-refractivity contribution in [1.29, 1.82) is 0 Å². The highest BCUT2D eigenvalue weighted by atomic mass is 16.5. The molecule has 0 aliphatic carbocycles. The van der Waals surface area contributed by atoms with E-state index in [9.17, 15) is 0 Å². The number of rotatable bonds is 4. The first-order valence-electron chi connectivity index (χ1n) is 3.53. The average molecular weight is 139 g/mol. The highest BCUT2D eigenvalue weighted by Crippen LogP contribution is 1.92. The van der Waals surface area contributed by atoms with Crippen LogP contribution in [0.4, 0.5) is 0 Å². The van der Waals surface area contributed by atoms with Crippen molar-refractivity contribution in [1.82, 2.24) is 4.57 Å². The Morgan fingerprint density at radius 1 is 1.30 bits per heavy atom. The molecule has 0 saturated heterocycles. The topological polar surface area (TPSA) is 14.2 Å². The Morgan fingerprint density at radius 3 is 2.60 bits per heavy atom. The van der Waals surface area contributed by atoms with Crippen molar-refractivity contribution in [2.45, 2.75) is 13.0 Å². The molecule has 1 aromatic heterocycles. The molecule has 0 saturated carbocycles. The molecule has 56 valence electrons. The molecule has 1 aromatic rings. The van der Waals surface area contributed by atoms with Gasteiger partial charge in [-0.25, -0.2) is 0 Å². The standard InChI is InChI=1S/C8H13NO/c1-10-8-4-7-9-5-2-3-6-9/h2-3,5-6H,4,7-8H2,1H3. The summed E-state index contributed by atoms with van der Waals surface area (Å²) in [7, 11) is 1.73. The van der Waals surface area contributed by atoms with E-state index in [-0.39, 0.29) is 0 Å². The van der Waals surface area contributed by atoms with Crippen LogP contribution in [0.1, 0.15) is 6.42 Å². The zero-order valence-corrected chi connectivity index (χ0v) is 6.29. The first kappa shape index (κ1) is 7.35. The van der Waals surface area contributed by atoms with Gasteiger partial charge in [-0.3, -0.25) is 0 Å². The van der Waals surface area contributed by atoms with E-state index in [0.717, 1.165) is 19.6 Å². The van der Waals surface area contributed by atoms with Crippen molar-refractivity contribution in [3.8, 4) is 0 Å². The molecule has 0 aliphatic rings. The zero-order valence-electron chi connectivity index (χ0n) is 6.29. The molecular weight excluding hydrogens is 126 g/mol. The van der Waals surface area contributed by atoms with Gasteiger partial charge in [0.05, 0.1) is 0 Å². The lowest BCUT2D eigenvalue weighted by Gasteiger charge is -2.00. The lowest BCUT2D eigenvalue weighted by molar-refractivity contribution is 0.190. The molecule has 0 N–H and O–H groups in total. The Morgan fingerprint density at radius 2 is 2.00 bits per heavy atom. The summed E-state index contributed by atoms with van der Waals surface area (Å²) in [5, 5.41) is 0. The summed E-state index contributed by atoms with van der Waals surface area (Å²) >= 11 is 0. The van der Waals surface area contributed by atoms with Gasteiger partial charge in [-0.05, 0) is 18.6 Å². The summed E-state index contributed by atoms with van der Waals surface area (Å²) in [4.78, 5) is 0. The molecule has 0 aliphatic heterocycles. The monoisotopic (exact) mass is 139 g/mol. The highest BCUT2D eigenvalue weighted by Gasteiger charge is 1.86. The van der Waals surface area contributed by atoms with Crippen LogP contribution in [0.15, 0.2) is 24.5 Å². The van der Waals surface area contributed by atoms with Crippen LogP contribution >= 0.6 is 0 Å². The van der Waals surface area contributed by atoms with E-state index < -0.39 is 0 Å². The molecule has 0 unspecified atom stereocenters. The third-order valence-corrected chi connectivity index (χ3v) is 1.43. The van der Waals surface area contributed by atoms with Crippen LogP contribution < -0.4 is 0 Å². The summed E-state index contributed by atoms with van der Waals surface area (Å²) in [6, 6.07) is 4.07. The van der Waals surface area contributed by atoms with E-state index in [1.54, 1.807) is 7.11 Å². The Kier molecular flexibility index (Phi) is 3.03. The quantitative estimate of drug-likeness (QED) is 0.577. The Labute approximate surface area is 61.4 Å². The van der Waals surface area contributed by atoms with E-state index in [0.29, 0.717) is 0 Å². The Hall–Kier alpha value is -0.760. The summed E-state index contributed by atoms with van der Waals surface area (Å²) in [5.74, 6) is 0. The number of nitrogens with zero attached hydrogens (tertiary/aromatic N) is 1.